The monoisotopic (exact) mass is 319 g/mol. The van der Waals surface area contributed by atoms with Gasteiger partial charge in [0.2, 0.25) is 0 Å². The van der Waals surface area contributed by atoms with Crippen molar-refractivity contribution in [1.29, 1.82) is 0 Å². The molecule has 0 spiro atoms. The van der Waals surface area contributed by atoms with Gasteiger partial charge in [0, 0.05) is 18.8 Å². The van der Waals surface area contributed by atoms with Crippen LogP contribution in [0, 0.1) is 0 Å². The van der Waals surface area contributed by atoms with Crippen LogP contribution in [0.3, 0.4) is 0 Å². The van der Waals surface area contributed by atoms with Crippen LogP contribution in [0.1, 0.15) is 44.1 Å². The first-order valence-corrected chi connectivity index (χ1v) is 7.99. The van der Waals surface area contributed by atoms with Gasteiger partial charge in [0.05, 0.1) is 6.54 Å². The predicted octanol–water partition coefficient (Wildman–Crippen LogP) is 2.25. The smallest absolute Gasteiger partial charge is 0.407 e. The van der Waals surface area contributed by atoms with Gasteiger partial charge in [-0.2, -0.15) is 0 Å². The largest absolute Gasteiger partial charge is 0.444 e. The molecule has 6 nitrogen and oxygen atoms in total. The molecule has 1 aromatic rings. The maximum Gasteiger partial charge on any atom is 0.407 e. The van der Waals surface area contributed by atoms with E-state index in [1.165, 1.54) is 0 Å². The van der Waals surface area contributed by atoms with Crippen molar-refractivity contribution in [2.75, 3.05) is 19.6 Å². The number of ether oxygens (including phenoxy) is 1. The minimum Gasteiger partial charge on any atom is -0.444 e. The summed E-state index contributed by atoms with van der Waals surface area (Å²) in [4.78, 5) is 30.2. The van der Waals surface area contributed by atoms with Crippen molar-refractivity contribution in [3.05, 3.63) is 30.1 Å². The van der Waals surface area contributed by atoms with Crippen LogP contribution in [0.2, 0.25) is 0 Å². The molecule has 23 heavy (non-hydrogen) atoms. The zero-order chi connectivity index (χ0) is 16.9. The molecule has 1 amide bonds. The normalized spacial score (nSPS) is 19.2. The van der Waals surface area contributed by atoms with E-state index in [0.717, 1.165) is 19.4 Å². The number of alkyl carbamates (subject to hydrolysis) is 1. The maximum atomic E-state index is 12.2. The minimum atomic E-state index is -0.507. The number of carbonyl (C=O) groups excluding carboxylic acids is 2. The number of ketones is 1. The summed E-state index contributed by atoms with van der Waals surface area (Å²) in [6, 6.07) is 5.33. The molecule has 1 aliphatic heterocycles. The second-order valence-electron chi connectivity index (χ2n) is 6.86. The van der Waals surface area contributed by atoms with Crippen LogP contribution in [0.4, 0.5) is 4.79 Å². The number of likely N-dealkylation sites (tertiary alicyclic amines) is 1. The molecule has 1 saturated heterocycles. The van der Waals surface area contributed by atoms with Gasteiger partial charge < -0.3 is 10.1 Å². The molecule has 1 aliphatic rings. The first kappa shape index (κ1) is 17.4. The number of hydrogen-bond acceptors (Lipinski definition) is 5. The summed E-state index contributed by atoms with van der Waals surface area (Å²) in [7, 11) is 0. The van der Waals surface area contributed by atoms with Crippen molar-refractivity contribution in [3.63, 3.8) is 0 Å². The van der Waals surface area contributed by atoms with Gasteiger partial charge >= 0.3 is 6.09 Å². The van der Waals surface area contributed by atoms with Crippen LogP contribution in [0.5, 0.6) is 0 Å². The highest BCUT2D eigenvalue weighted by molar-refractivity contribution is 5.95. The Morgan fingerprint density at radius 1 is 1.39 bits per heavy atom. The number of piperidine rings is 1. The van der Waals surface area contributed by atoms with Crippen LogP contribution in [0.15, 0.2) is 24.4 Å². The molecule has 1 aromatic heterocycles. The third-order valence-corrected chi connectivity index (χ3v) is 3.54. The van der Waals surface area contributed by atoms with E-state index in [2.05, 4.69) is 15.2 Å². The molecule has 2 heterocycles. The van der Waals surface area contributed by atoms with Gasteiger partial charge in [-0.3, -0.25) is 14.7 Å². The maximum absolute atomic E-state index is 12.2. The quantitative estimate of drug-likeness (QED) is 0.862. The van der Waals surface area contributed by atoms with Crippen molar-refractivity contribution in [2.24, 2.45) is 0 Å². The van der Waals surface area contributed by atoms with E-state index in [4.69, 9.17) is 4.74 Å². The number of carbonyl (C=O) groups is 2. The Bertz CT molecular complexity index is 540. The summed E-state index contributed by atoms with van der Waals surface area (Å²) in [6.07, 6.45) is 3.06. The first-order valence-electron chi connectivity index (χ1n) is 7.99. The van der Waals surface area contributed by atoms with Gasteiger partial charge in [0.25, 0.3) is 0 Å². The highest BCUT2D eigenvalue weighted by atomic mass is 16.6. The molecule has 1 N–H and O–H groups in total. The number of aromatic nitrogens is 1. The Morgan fingerprint density at radius 3 is 2.83 bits per heavy atom. The Balaban J connectivity index is 1.84. The predicted molar refractivity (Wildman–Crippen MR) is 87.4 cm³/mol. The fourth-order valence-electron chi connectivity index (χ4n) is 2.60. The van der Waals surface area contributed by atoms with Crippen LogP contribution < -0.4 is 5.32 Å². The number of amides is 1. The van der Waals surface area contributed by atoms with Crippen molar-refractivity contribution >= 4 is 11.9 Å². The molecule has 1 atom stereocenters. The van der Waals surface area contributed by atoms with Crippen LogP contribution in [-0.2, 0) is 4.74 Å². The summed E-state index contributed by atoms with van der Waals surface area (Å²) in [5.74, 6) is 0.00326. The fourth-order valence-corrected chi connectivity index (χ4v) is 2.60. The summed E-state index contributed by atoms with van der Waals surface area (Å²) < 4.78 is 5.28. The molecular formula is C17H25N3O3. The topological polar surface area (TPSA) is 71.5 Å². The number of rotatable bonds is 4. The number of nitrogens with zero attached hydrogens (tertiary/aromatic N) is 2. The highest BCUT2D eigenvalue weighted by Crippen LogP contribution is 2.13. The van der Waals surface area contributed by atoms with E-state index >= 15 is 0 Å². The molecule has 0 aromatic carbocycles. The lowest BCUT2D eigenvalue weighted by atomic mass is 10.1. The molecule has 0 unspecified atom stereocenters. The lowest BCUT2D eigenvalue weighted by molar-refractivity contribution is 0.0473. The summed E-state index contributed by atoms with van der Waals surface area (Å²) in [5.41, 5.74) is -0.0253. The van der Waals surface area contributed by atoms with Crippen molar-refractivity contribution in [1.82, 2.24) is 15.2 Å². The van der Waals surface area contributed by atoms with Crippen molar-refractivity contribution < 1.29 is 14.3 Å². The van der Waals surface area contributed by atoms with Gasteiger partial charge in [-0.05, 0) is 52.3 Å². The number of nitrogens with one attached hydrogen (secondary N) is 1. The van der Waals surface area contributed by atoms with Crippen LogP contribution >= 0.6 is 0 Å². The molecule has 126 valence electrons. The highest BCUT2D eigenvalue weighted by Gasteiger charge is 2.25. The molecule has 0 saturated carbocycles. The van der Waals surface area contributed by atoms with Gasteiger partial charge in [0.1, 0.15) is 11.3 Å². The van der Waals surface area contributed by atoms with E-state index in [-0.39, 0.29) is 11.8 Å². The van der Waals surface area contributed by atoms with E-state index in [9.17, 15) is 9.59 Å². The van der Waals surface area contributed by atoms with Gasteiger partial charge in [0.15, 0.2) is 5.78 Å². The minimum absolute atomic E-state index is 0.00326. The molecule has 0 aliphatic carbocycles. The molecular weight excluding hydrogens is 294 g/mol. The standard InChI is InChI=1S/C17H25N3O3/c1-17(2,3)23-16(22)19-13-7-6-10-20(11-13)12-15(21)14-8-4-5-9-18-14/h4-5,8-9,13H,6-7,10-12H2,1-3H3,(H,19,22)/t13-/m1/s1. The first-order chi connectivity index (χ1) is 10.8. The Hall–Kier alpha value is -1.95. The lowest BCUT2D eigenvalue weighted by Gasteiger charge is -2.33. The average Bonchev–Trinajstić information content (AvgIpc) is 2.46. The third-order valence-electron chi connectivity index (χ3n) is 3.54. The Kier molecular flexibility index (Phi) is 5.71. The van der Waals surface area contributed by atoms with Crippen molar-refractivity contribution in [3.8, 4) is 0 Å². The number of Topliss-reactive ketones (excluding diaryl/α,β-unsaturated/α-hetero) is 1. The van der Waals surface area contributed by atoms with Gasteiger partial charge in [-0.15, -0.1) is 0 Å². The molecule has 2 rings (SSSR count). The molecule has 6 heteroatoms. The SMILES string of the molecule is CC(C)(C)OC(=O)N[C@@H]1CCCN(CC(=O)c2ccccn2)C1. The molecule has 0 bridgehead atoms. The van der Waals surface area contributed by atoms with Crippen molar-refractivity contribution in [2.45, 2.75) is 45.3 Å². The summed E-state index contributed by atoms with van der Waals surface area (Å²) in [5, 5.41) is 2.89. The summed E-state index contributed by atoms with van der Waals surface area (Å²) >= 11 is 0. The zero-order valence-corrected chi connectivity index (χ0v) is 14.0. The molecule has 1 fully saturated rings. The Morgan fingerprint density at radius 2 is 2.17 bits per heavy atom. The van der Waals surface area contributed by atoms with Gasteiger partial charge in [-0.25, -0.2) is 4.79 Å². The number of pyridine rings is 1. The zero-order valence-electron chi connectivity index (χ0n) is 14.0. The second-order valence-corrected chi connectivity index (χ2v) is 6.86. The second kappa shape index (κ2) is 7.55. The number of hydrogen-bond donors (Lipinski definition) is 1. The Labute approximate surface area is 137 Å². The van der Waals surface area contributed by atoms with E-state index in [0.29, 0.717) is 18.8 Å². The van der Waals surface area contributed by atoms with Crippen LogP contribution in [0.25, 0.3) is 0 Å². The van der Waals surface area contributed by atoms with E-state index in [1.54, 1.807) is 18.3 Å². The lowest BCUT2D eigenvalue weighted by Crippen LogP contribution is -2.49. The van der Waals surface area contributed by atoms with Gasteiger partial charge in [-0.1, -0.05) is 6.07 Å². The third kappa shape index (κ3) is 5.98. The van der Waals surface area contributed by atoms with E-state index < -0.39 is 11.7 Å². The average molecular weight is 319 g/mol. The summed E-state index contributed by atoms with van der Waals surface area (Å²) in [6.45, 7) is 7.34. The van der Waals surface area contributed by atoms with Crippen LogP contribution in [-0.4, -0.2) is 53.0 Å². The molecule has 0 radical (unpaired) electrons. The van der Waals surface area contributed by atoms with E-state index in [1.807, 2.05) is 26.8 Å². The fraction of sp³-hybridized carbons (Fsp3) is 0.588.